The summed E-state index contributed by atoms with van der Waals surface area (Å²) < 4.78 is 50.6. The molecule has 2 N–H and O–H groups in total. The van der Waals surface area contributed by atoms with Gasteiger partial charge >= 0.3 is 0 Å². The number of nitrogens with one attached hydrogen (secondary N) is 2. The topological polar surface area (TPSA) is 88.6 Å². The quantitative estimate of drug-likeness (QED) is 0.696. The van der Waals surface area contributed by atoms with Gasteiger partial charge in [-0.15, -0.1) is 0 Å². The first-order valence-electron chi connectivity index (χ1n) is 9.80. The standard InChI is InChI=1S/C20H22F3N5O3/c1-9-17-18(28(3)10(2)19(29)26-17)27-20(24-9)25-11-4-13(30-7-11)8-31-12-5-14(21)16(23)15(22)6-12/h5-6,10-11,13H,4,7-8H2,1-3H3,(H,26,29)(H,24,25,27)/t10-,11+,13-/m0/s1. The number of carbonyl (C=O) groups excluding carboxylic acids is 1. The first-order chi connectivity index (χ1) is 14.7. The number of aromatic nitrogens is 2. The van der Waals surface area contributed by atoms with Crippen molar-refractivity contribution in [1.29, 1.82) is 0 Å². The maximum Gasteiger partial charge on any atom is 0.246 e. The van der Waals surface area contributed by atoms with Gasteiger partial charge in [0.15, 0.2) is 23.3 Å². The van der Waals surface area contributed by atoms with E-state index in [0.717, 1.165) is 12.1 Å². The average molecular weight is 437 g/mol. The summed E-state index contributed by atoms with van der Waals surface area (Å²) in [5, 5.41) is 6.05. The van der Waals surface area contributed by atoms with Crippen LogP contribution < -0.4 is 20.3 Å². The summed E-state index contributed by atoms with van der Waals surface area (Å²) in [4.78, 5) is 22.8. The number of amides is 1. The number of halogens is 3. The summed E-state index contributed by atoms with van der Waals surface area (Å²) in [5.41, 5.74) is 1.22. The van der Waals surface area contributed by atoms with E-state index in [4.69, 9.17) is 9.47 Å². The molecule has 4 rings (SSSR count). The highest BCUT2D eigenvalue weighted by atomic mass is 19.2. The Morgan fingerprint density at radius 1 is 1.29 bits per heavy atom. The highest BCUT2D eigenvalue weighted by Gasteiger charge is 2.31. The third-order valence-corrected chi connectivity index (χ3v) is 5.42. The molecule has 3 atom stereocenters. The van der Waals surface area contributed by atoms with Crippen molar-refractivity contribution in [1.82, 2.24) is 9.97 Å². The molecule has 0 radical (unpaired) electrons. The molecule has 2 aliphatic rings. The lowest BCUT2D eigenvalue weighted by Crippen LogP contribution is -2.45. The predicted molar refractivity (Wildman–Crippen MR) is 107 cm³/mol. The lowest BCUT2D eigenvalue weighted by atomic mass is 10.1. The Kier molecular flexibility index (Phi) is 5.61. The predicted octanol–water partition coefficient (Wildman–Crippen LogP) is 2.63. The molecule has 2 aromatic rings. The third-order valence-electron chi connectivity index (χ3n) is 5.42. The molecule has 1 saturated heterocycles. The van der Waals surface area contributed by atoms with Gasteiger partial charge in [0, 0.05) is 19.2 Å². The van der Waals surface area contributed by atoms with Crippen LogP contribution in [0.15, 0.2) is 12.1 Å². The van der Waals surface area contributed by atoms with E-state index in [1.807, 2.05) is 0 Å². The van der Waals surface area contributed by atoms with Gasteiger partial charge in [0.2, 0.25) is 11.9 Å². The van der Waals surface area contributed by atoms with E-state index in [1.54, 1.807) is 25.8 Å². The molecule has 11 heteroatoms. The Labute approximate surface area is 176 Å². The molecule has 0 spiro atoms. The molecule has 8 nitrogen and oxygen atoms in total. The molecule has 1 aromatic heterocycles. The van der Waals surface area contributed by atoms with Crippen LogP contribution in [0.3, 0.4) is 0 Å². The molecule has 3 heterocycles. The second-order valence-corrected chi connectivity index (χ2v) is 7.65. The van der Waals surface area contributed by atoms with Gasteiger partial charge < -0.3 is 25.0 Å². The molecule has 0 bridgehead atoms. The molecule has 31 heavy (non-hydrogen) atoms. The van der Waals surface area contributed by atoms with Crippen molar-refractivity contribution in [2.24, 2.45) is 0 Å². The summed E-state index contributed by atoms with van der Waals surface area (Å²) in [6.45, 7) is 4.00. The van der Waals surface area contributed by atoms with E-state index in [0.29, 0.717) is 36.2 Å². The van der Waals surface area contributed by atoms with Gasteiger partial charge in [-0.05, 0) is 20.3 Å². The number of rotatable bonds is 5. The van der Waals surface area contributed by atoms with E-state index in [-0.39, 0.29) is 36.5 Å². The first-order valence-corrected chi connectivity index (χ1v) is 9.80. The van der Waals surface area contributed by atoms with E-state index >= 15 is 0 Å². The lowest BCUT2D eigenvalue weighted by molar-refractivity contribution is -0.117. The number of ether oxygens (including phenoxy) is 2. The van der Waals surface area contributed by atoms with Crippen molar-refractivity contribution in [2.45, 2.75) is 38.5 Å². The van der Waals surface area contributed by atoms with Crippen LogP contribution in [-0.4, -0.2) is 54.3 Å². The largest absolute Gasteiger partial charge is 0.491 e. The molecular weight excluding hydrogens is 415 g/mol. The molecule has 0 saturated carbocycles. The second-order valence-electron chi connectivity index (χ2n) is 7.65. The van der Waals surface area contributed by atoms with Crippen molar-refractivity contribution < 1.29 is 27.4 Å². The zero-order chi connectivity index (χ0) is 22.3. The number of carbonyl (C=O) groups is 1. The number of aryl methyl sites for hydroxylation is 1. The number of hydrogen-bond acceptors (Lipinski definition) is 7. The van der Waals surface area contributed by atoms with E-state index in [1.165, 1.54) is 0 Å². The fraction of sp³-hybridized carbons (Fsp3) is 0.450. The van der Waals surface area contributed by atoms with Crippen LogP contribution in [0.4, 0.5) is 30.6 Å². The zero-order valence-corrected chi connectivity index (χ0v) is 17.2. The molecule has 166 valence electrons. The van der Waals surface area contributed by atoms with Gasteiger partial charge in [-0.3, -0.25) is 4.79 Å². The third kappa shape index (κ3) is 4.22. The minimum Gasteiger partial charge on any atom is -0.491 e. The van der Waals surface area contributed by atoms with Crippen LogP contribution in [0.25, 0.3) is 0 Å². The fourth-order valence-electron chi connectivity index (χ4n) is 3.52. The van der Waals surface area contributed by atoms with Crippen molar-refractivity contribution in [2.75, 3.05) is 35.8 Å². The maximum atomic E-state index is 13.3. The smallest absolute Gasteiger partial charge is 0.246 e. The summed E-state index contributed by atoms with van der Waals surface area (Å²) in [5.74, 6) is -3.34. The van der Waals surface area contributed by atoms with Gasteiger partial charge in [-0.2, -0.15) is 4.98 Å². The number of likely N-dealkylation sites (N-methyl/N-ethyl adjacent to an activating group) is 1. The fourth-order valence-corrected chi connectivity index (χ4v) is 3.52. The second kappa shape index (κ2) is 8.22. The summed E-state index contributed by atoms with van der Waals surface area (Å²) in [6, 6.07) is 1.13. The van der Waals surface area contributed by atoms with E-state index in [9.17, 15) is 18.0 Å². The summed E-state index contributed by atoms with van der Waals surface area (Å²) in [6.07, 6.45) is 0.226. The van der Waals surface area contributed by atoms with Gasteiger partial charge in [0.1, 0.15) is 24.1 Å². The summed E-state index contributed by atoms with van der Waals surface area (Å²) >= 11 is 0. The molecular formula is C20H22F3N5O3. The van der Waals surface area contributed by atoms with Gasteiger partial charge in [0.05, 0.1) is 24.4 Å². The molecule has 2 aliphatic heterocycles. The van der Waals surface area contributed by atoms with Crippen LogP contribution in [-0.2, 0) is 9.53 Å². The van der Waals surface area contributed by atoms with Gasteiger partial charge in [-0.25, -0.2) is 18.2 Å². The van der Waals surface area contributed by atoms with Gasteiger partial charge in [0.25, 0.3) is 0 Å². The monoisotopic (exact) mass is 437 g/mol. The Balaban J connectivity index is 1.37. The Bertz CT molecular complexity index is 999. The normalized spacial score (nSPS) is 22.8. The SMILES string of the molecule is Cc1nc(N[C@H]2CO[C@H](COc3cc(F)c(F)c(F)c3)C2)nc2c1NC(=O)[C@H](C)N2C. The van der Waals surface area contributed by atoms with Gasteiger partial charge in [-0.1, -0.05) is 0 Å². The van der Waals surface area contributed by atoms with Crippen LogP contribution in [0.1, 0.15) is 19.0 Å². The first kappa shape index (κ1) is 21.2. The molecule has 0 unspecified atom stereocenters. The zero-order valence-electron chi connectivity index (χ0n) is 17.2. The summed E-state index contributed by atoms with van der Waals surface area (Å²) in [7, 11) is 1.80. The lowest BCUT2D eigenvalue weighted by Gasteiger charge is -2.32. The van der Waals surface area contributed by atoms with E-state index < -0.39 is 17.5 Å². The highest BCUT2D eigenvalue weighted by molar-refractivity contribution is 6.03. The maximum absolute atomic E-state index is 13.3. The van der Waals surface area contributed by atoms with Crippen LogP contribution >= 0.6 is 0 Å². The van der Waals surface area contributed by atoms with Crippen molar-refractivity contribution in [3.8, 4) is 5.75 Å². The van der Waals surface area contributed by atoms with Crippen LogP contribution in [0.5, 0.6) is 5.75 Å². The number of hydrogen-bond donors (Lipinski definition) is 2. The van der Waals surface area contributed by atoms with Crippen molar-refractivity contribution >= 4 is 23.4 Å². The highest BCUT2D eigenvalue weighted by Crippen LogP contribution is 2.32. The average Bonchev–Trinajstić information content (AvgIpc) is 3.17. The van der Waals surface area contributed by atoms with E-state index in [2.05, 4.69) is 20.6 Å². The molecule has 1 aromatic carbocycles. The number of fused-ring (bicyclic) bond motifs is 1. The minimum atomic E-state index is -1.53. The Morgan fingerprint density at radius 3 is 2.71 bits per heavy atom. The number of benzene rings is 1. The molecule has 1 fully saturated rings. The number of nitrogens with zero attached hydrogens (tertiary/aromatic N) is 3. The molecule has 1 amide bonds. The van der Waals surface area contributed by atoms with Crippen molar-refractivity contribution in [3.63, 3.8) is 0 Å². The van der Waals surface area contributed by atoms with Crippen LogP contribution in [0, 0.1) is 24.4 Å². The van der Waals surface area contributed by atoms with Crippen molar-refractivity contribution in [3.05, 3.63) is 35.3 Å². The van der Waals surface area contributed by atoms with Crippen LogP contribution in [0.2, 0.25) is 0 Å². The Hall–Kier alpha value is -3.08. The number of anilines is 3. The minimum absolute atomic E-state index is 0.0546. The Morgan fingerprint density at radius 2 is 2.00 bits per heavy atom. The molecule has 0 aliphatic carbocycles.